The Morgan fingerprint density at radius 1 is 1.21 bits per heavy atom. The average Bonchev–Trinajstić information content (AvgIpc) is 3.40. The fraction of sp³-hybridized carbons (Fsp3) is 0.294. The van der Waals surface area contributed by atoms with Crippen LogP contribution in [0.25, 0.3) is 10.8 Å². The number of rotatable bonds is 5. The van der Waals surface area contributed by atoms with E-state index in [1.807, 2.05) is 17.5 Å². The number of nitrogens with zero attached hydrogens (tertiary/aromatic N) is 4. The van der Waals surface area contributed by atoms with Crippen molar-refractivity contribution in [1.82, 2.24) is 14.5 Å². The van der Waals surface area contributed by atoms with Crippen molar-refractivity contribution in [3.63, 3.8) is 0 Å². The fourth-order valence-electron chi connectivity index (χ4n) is 3.23. The van der Waals surface area contributed by atoms with E-state index in [0.29, 0.717) is 24.6 Å². The normalized spacial score (nSPS) is 18.2. The van der Waals surface area contributed by atoms with E-state index in [-0.39, 0.29) is 23.9 Å². The molecule has 0 N–H and O–H groups in total. The molecule has 1 saturated heterocycles. The highest BCUT2D eigenvalue weighted by atomic mass is 32.2. The first kappa shape index (κ1) is 18.7. The van der Waals surface area contributed by atoms with Crippen LogP contribution >= 0.6 is 11.3 Å². The molecule has 0 saturated carbocycles. The number of nitro groups is 1. The number of hydrogen-bond acceptors (Lipinski definition) is 8. The molecule has 3 aromatic rings. The molecular formula is C17H16N4O5S2. The number of thiophene rings is 1. The number of sulfonamides is 1. The second-order valence-corrected chi connectivity index (χ2v) is 9.20. The second-order valence-electron chi connectivity index (χ2n) is 6.35. The van der Waals surface area contributed by atoms with Gasteiger partial charge in [0, 0.05) is 19.2 Å². The van der Waals surface area contributed by atoms with E-state index in [2.05, 4.69) is 10.2 Å². The van der Waals surface area contributed by atoms with E-state index in [9.17, 15) is 18.5 Å². The molecule has 1 aliphatic rings. The van der Waals surface area contributed by atoms with Gasteiger partial charge in [-0.1, -0.05) is 18.2 Å². The Labute approximate surface area is 164 Å². The maximum absolute atomic E-state index is 13.0. The lowest BCUT2D eigenvalue weighted by molar-refractivity contribution is -0.387. The molecule has 1 aliphatic heterocycles. The van der Waals surface area contributed by atoms with Gasteiger partial charge in [0.2, 0.25) is 15.9 Å². The minimum absolute atomic E-state index is 0.139. The van der Waals surface area contributed by atoms with Crippen molar-refractivity contribution in [3.8, 4) is 10.8 Å². The van der Waals surface area contributed by atoms with Crippen LogP contribution in [0.4, 0.5) is 5.69 Å². The Balaban J connectivity index is 1.60. The van der Waals surface area contributed by atoms with E-state index in [1.165, 1.54) is 39.9 Å². The number of piperidine rings is 1. The molecule has 4 rings (SSSR count). The van der Waals surface area contributed by atoms with Gasteiger partial charge in [0.25, 0.3) is 11.6 Å². The third-order valence-electron chi connectivity index (χ3n) is 4.59. The summed E-state index contributed by atoms with van der Waals surface area (Å²) < 4.78 is 33.1. The molecular weight excluding hydrogens is 404 g/mol. The van der Waals surface area contributed by atoms with Crippen LogP contribution in [0.1, 0.15) is 24.7 Å². The first-order valence-corrected chi connectivity index (χ1v) is 10.9. The lowest BCUT2D eigenvalue weighted by atomic mass is 10.00. The highest BCUT2D eigenvalue weighted by Gasteiger charge is 2.36. The molecule has 0 bridgehead atoms. The van der Waals surface area contributed by atoms with Gasteiger partial charge in [0.05, 0.1) is 15.7 Å². The molecule has 1 fully saturated rings. The molecule has 0 radical (unpaired) electrons. The zero-order valence-electron chi connectivity index (χ0n) is 14.6. The van der Waals surface area contributed by atoms with Crippen molar-refractivity contribution in [2.24, 2.45) is 0 Å². The third kappa shape index (κ3) is 3.43. The highest BCUT2D eigenvalue weighted by molar-refractivity contribution is 7.89. The first-order chi connectivity index (χ1) is 13.5. The first-order valence-electron chi connectivity index (χ1n) is 8.57. The van der Waals surface area contributed by atoms with Gasteiger partial charge in [0.15, 0.2) is 4.90 Å². The molecule has 11 heteroatoms. The molecule has 3 heterocycles. The van der Waals surface area contributed by atoms with E-state index in [4.69, 9.17) is 4.42 Å². The molecule has 9 nitrogen and oxygen atoms in total. The van der Waals surface area contributed by atoms with Gasteiger partial charge in [-0.2, -0.15) is 4.31 Å². The Kier molecular flexibility index (Phi) is 4.96. The van der Waals surface area contributed by atoms with Crippen LogP contribution in [0, 0.1) is 10.1 Å². The van der Waals surface area contributed by atoms with E-state index in [1.54, 1.807) is 0 Å². The Hall–Kier alpha value is -2.63. The minimum atomic E-state index is -4.01. The standard InChI is InChI=1S/C17H16N4O5S2/c22-21(23)13-6-1-2-8-15(13)28(24,25)20-9-3-5-12(11-20)16-18-19-17(26-16)14-7-4-10-27-14/h1-2,4,6-8,10,12H,3,5,9,11H2. The maximum atomic E-state index is 13.0. The zero-order chi connectivity index (χ0) is 19.7. The smallest absolute Gasteiger partial charge is 0.289 e. The van der Waals surface area contributed by atoms with Gasteiger partial charge in [-0.25, -0.2) is 8.42 Å². The quantitative estimate of drug-likeness (QED) is 0.459. The van der Waals surface area contributed by atoms with Crippen LogP contribution < -0.4 is 0 Å². The molecule has 0 spiro atoms. The molecule has 2 aromatic heterocycles. The van der Waals surface area contributed by atoms with Crippen LogP contribution in [-0.4, -0.2) is 40.9 Å². The molecule has 146 valence electrons. The predicted octanol–water partition coefficient (Wildman–Crippen LogP) is 3.27. The third-order valence-corrected chi connectivity index (χ3v) is 7.36. The second kappa shape index (κ2) is 7.41. The van der Waals surface area contributed by atoms with Gasteiger partial charge in [-0.15, -0.1) is 21.5 Å². The summed E-state index contributed by atoms with van der Waals surface area (Å²) in [6, 6.07) is 9.13. The number of aromatic nitrogens is 2. The summed E-state index contributed by atoms with van der Waals surface area (Å²) in [5, 5.41) is 21.3. The molecule has 0 aliphatic carbocycles. The molecule has 0 amide bonds. The van der Waals surface area contributed by atoms with Gasteiger partial charge in [-0.3, -0.25) is 10.1 Å². The molecule has 1 atom stereocenters. The fourth-order valence-corrected chi connectivity index (χ4v) is 5.55. The van der Waals surface area contributed by atoms with Crippen molar-refractivity contribution in [2.45, 2.75) is 23.7 Å². The van der Waals surface area contributed by atoms with Crippen molar-refractivity contribution in [1.29, 1.82) is 0 Å². The summed E-state index contributed by atoms with van der Waals surface area (Å²) in [5.74, 6) is 0.530. The van der Waals surface area contributed by atoms with E-state index in [0.717, 1.165) is 4.88 Å². The summed E-state index contributed by atoms with van der Waals surface area (Å²) >= 11 is 1.48. The minimum Gasteiger partial charge on any atom is -0.420 e. The summed E-state index contributed by atoms with van der Waals surface area (Å²) in [6.07, 6.45) is 1.30. The number of hydrogen-bond donors (Lipinski definition) is 0. The average molecular weight is 420 g/mol. The SMILES string of the molecule is O=[N+]([O-])c1ccccc1S(=O)(=O)N1CCCC(c2nnc(-c3cccs3)o2)C1. The number of benzene rings is 1. The molecule has 28 heavy (non-hydrogen) atoms. The highest BCUT2D eigenvalue weighted by Crippen LogP contribution is 2.34. The summed E-state index contributed by atoms with van der Waals surface area (Å²) in [7, 11) is -4.01. The maximum Gasteiger partial charge on any atom is 0.289 e. The monoisotopic (exact) mass is 420 g/mol. The predicted molar refractivity (Wildman–Crippen MR) is 101 cm³/mol. The molecule has 1 unspecified atom stereocenters. The van der Waals surface area contributed by atoms with Crippen LogP contribution in [-0.2, 0) is 10.0 Å². The van der Waals surface area contributed by atoms with Gasteiger partial charge >= 0.3 is 0 Å². The topological polar surface area (TPSA) is 119 Å². The van der Waals surface area contributed by atoms with Crippen molar-refractivity contribution in [3.05, 3.63) is 57.8 Å². The lowest BCUT2D eigenvalue weighted by Gasteiger charge is -2.30. The van der Waals surface area contributed by atoms with Crippen LogP contribution in [0.15, 0.2) is 51.1 Å². The Morgan fingerprint density at radius 2 is 2.04 bits per heavy atom. The van der Waals surface area contributed by atoms with Gasteiger partial charge < -0.3 is 4.42 Å². The summed E-state index contributed by atoms with van der Waals surface area (Å²) in [4.78, 5) is 11.1. The molecule has 1 aromatic carbocycles. The Bertz CT molecular complexity index is 1090. The summed E-state index contributed by atoms with van der Waals surface area (Å²) in [5.41, 5.74) is -0.428. The number of para-hydroxylation sites is 1. The largest absolute Gasteiger partial charge is 0.420 e. The van der Waals surface area contributed by atoms with Gasteiger partial charge in [-0.05, 0) is 30.4 Å². The van der Waals surface area contributed by atoms with Crippen molar-refractivity contribution in [2.75, 3.05) is 13.1 Å². The van der Waals surface area contributed by atoms with Crippen LogP contribution in [0.3, 0.4) is 0 Å². The Morgan fingerprint density at radius 3 is 2.79 bits per heavy atom. The van der Waals surface area contributed by atoms with Crippen LogP contribution in [0.5, 0.6) is 0 Å². The zero-order valence-corrected chi connectivity index (χ0v) is 16.2. The van der Waals surface area contributed by atoms with Crippen LogP contribution in [0.2, 0.25) is 0 Å². The van der Waals surface area contributed by atoms with Crippen molar-refractivity contribution >= 4 is 27.0 Å². The lowest BCUT2D eigenvalue weighted by Crippen LogP contribution is -2.39. The summed E-state index contributed by atoms with van der Waals surface area (Å²) in [6.45, 7) is 0.428. The van der Waals surface area contributed by atoms with Crippen molar-refractivity contribution < 1.29 is 17.8 Å². The van der Waals surface area contributed by atoms with E-state index < -0.39 is 20.6 Å². The van der Waals surface area contributed by atoms with Gasteiger partial charge in [0.1, 0.15) is 0 Å². The number of nitro benzene ring substituents is 1. The van der Waals surface area contributed by atoms with E-state index >= 15 is 0 Å².